The molecule has 2 bridgehead atoms. The highest BCUT2D eigenvalue weighted by molar-refractivity contribution is 8.02. The van der Waals surface area contributed by atoms with Crippen molar-refractivity contribution in [3.63, 3.8) is 0 Å². The number of aliphatic hydroxyl groups excluding tert-OH is 1. The highest BCUT2D eigenvalue weighted by Crippen LogP contribution is 2.71. The van der Waals surface area contributed by atoms with Gasteiger partial charge in [0.25, 0.3) is 0 Å². The molecule has 3 aliphatic heterocycles. The van der Waals surface area contributed by atoms with Crippen molar-refractivity contribution in [2.75, 3.05) is 18.5 Å². The molecule has 3 heterocycles. The molecule has 4 rings (SSSR count). The fraction of sp³-hybridized carbons (Fsp3) is 0.625. The second-order valence-corrected chi connectivity index (χ2v) is 11.4. The molecule has 7 nitrogen and oxygen atoms in total. The molecule has 1 aromatic carbocycles. The van der Waals surface area contributed by atoms with Crippen molar-refractivity contribution >= 4 is 35.2 Å². The SMILES string of the molecule is CCCCNC(=O)C1N([C@H](C)CO)C(=O)[C@@H]2[C@@H](C(=O)Nc3ccccc3)[C@@]3(C)CCC12S3. The molecule has 3 aliphatic rings. The maximum atomic E-state index is 13.8. The highest BCUT2D eigenvalue weighted by atomic mass is 32.2. The molecule has 3 N–H and O–H groups in total. The van der Waals surface area contributed by atoms with Gasteiger partial charge in [0.1, 0.15) is 6.04 Å². The first kappa shape index (κ1) is 23.1. The van der Waals surface area contributed by atoms with E-state index in [4.69, 9.17) is 0 Å². The molecular weight excluding hydrogens is 426 g/mol. The van der Waals surface area contributed by atoms with Crippen molar-refractivity contribution in [2.24, 2.45) is 11.8 Å². The predicted molar refractivity (Wildman–Crippen MR) is 125 cm³/mol. The summed E-state index contributed by atoms with van der Waals surface area (Å²) in [6.45, 7) is 6.21. The smallest absolute Gasteiger partial charge is 0.244 e. The third-order valence-corrected chi connectivity index (χ3v) is 9.34. The molecule has 174 valence electrons. The molecule has 3 amide bonds. The van der Waals surface area contributed by atoms with Gasteiger partial charge in [-0.05, 0) is 45.2 Å². The Balaban J connectivity index is 1.69. The number of nitrogens with one attached hydrogen (secondary N) is 2. The number of hydrogen-bond acceptors (Lipinski definition) is 5. The monoisotopic (exact) mass is 459 g/mol. The van der Waals surface area contributed by atoms with Crippen LogP contribution in [0.1, 0.15) is 46.5 Å². The van der Waals surface area contributed by atoms with Crippen LogP contribution in [0.15, 0.2) is 30.3 Å². The Kier molecular flexibility index (Phi) is 6.29. The van der Waals surface area contributed by atoms with Crippen LogP contribution in [0.2, 0.25) is 0 Å². The van der Waals surface area contributed by atoms with E-state index in [-0.39, 0.29) is 24.3 Å². The van der Waals surface area contributed by atoms with Crippen LogP contribution in [0.25, 0.3) is 0 Å². The number of hydrogen-bond donors (Lipinski definition) is 3. The Morgan fingerprint density at radius 3 is 2.62 bits per heavy atom. The number of rotatable bonds is 8. The lowest BCUT2D eigenvalue weighted by Crippen LogP contribution is -2.56. The fourth-order valence-corrected chi connectivity index (χ4v) is 8.20. The van der Waals surface area contributed by atoms with Crippen molar-refractivity contribution in [1.82, 2.24) is 10.2 Å². The quantitative estimate of drug-likeness (QED) is 0.519. The minimum absolute atomic E-state index is 0.171. The van der Waals surface area contributed by atoms with Gasteiger partial charge in [-0.25, -0.2) is 0 Å². The molecule has 0 radical (unpaired) electrons. The van der Waals surface area contributed by atoms with E-state index < -0.39 is 33.4 Å². The highest BCUT2D eigenvalue weighted by Gasteiger charge is 2.77. The zero-order valence-electron chi connectivity index (χ0n) is 19.0. The van der Waals surface area contributed by atoms with Crippen molar-refractivity contribution in [1.29, 1.82) is 0 Å². The Labute approximate surface area is 193 Å². The lowest BCUT2D eigenvalue weighted by atomic mass is 9.66. The molecular formula is C24H33N3O4S. The van der Waals surface area contributed by atoms with E-state index in [2.05, 4.69) is 24.5 Å². The van der Waals surface area contributed by atoms with Gasteiger partial charge in [0.15, 0.2) is 0 Å². The lowest BCUT2D eigenvalue weighted by Gasteiger charge is -2.36. The molecule has 0 saturated carbocycles. The zero-order valence-corrected chi connectivity index (χ0v) is 19.8. The maximum Gasteiger partial charge on any atom is 0.244 e. The first-order chi connectivity index (χ1) is 15.3. The summed E-state index contributed by atoms with van der Waals surface area (Å²) in [7, 11) is 0. The van der Waals surface area contributed by atoms with Gasteiger partial charge in [-0.1, -0.05) is 31.5 Å². The number of thioether (sulfide) groups is 1. The summed E-state index contributed by atoms with van der Waals surface area (Å²) in [5, 5.41) is 15.9. The van der Waals surface area contributed by atoms with Crippen LogP contribution in [0, 0.1) is 11.8 Å². The van der Waals surface area contributed by atoms with Crippen LogP contribution in [-0.4, -0.2) is 62.5 Å². The summed E-state index contributed by atoms with van der Waals surface area (Å²) in [4.78, 5) is 42.2. The van der Waals surface area contributed by atoms with E-state index >= 15 is 0 Å². The number of nitrogens with zero attached hydrogens (tertiary/aromatic N) is 1. The molecule has 1 spiro atoms. The number of likely N-dealkylation sites (tertiary alicyclic amines) is 1. The van der Waals surface area contributed by atoms with Gasteiger partial charge in [0, 0.05) is 17.0 Å². The minimum Gasteiger partial charge on any atom is -0.394 e. The van der Waals surface area contributed by atoms with Crippen LogP contribution in [-0.2, 0) is 14.4 Å². The number of aliphatic hydroxyl groups is 1. The third kappa shape index (κ3) is 3.52. The van der Waals surface area contributed by atoms with Crippen LogP contribution in [0.5, 0.6) is 0 Å². The van der Waals surface area contributed by atoms with E-state index in [9.17, 15) is 19.5 Å². The average molecular weight is 460 g/mol. The van der Waals surface area contributed by atoms with Gasteiger partial charge >= 0.3 is 0 Å². The molecule has 8 heteroatoms. The van der Waals surface area contributed by atoms with Crippen molar-refractivity contribution in [3.05, 3.63) is 30.3 Å². The van der Waals surface area contributed by atoms with E-state index in [0.29, 0.717) is 18.7 Å². The number of carbonyl (C=O) groups excluding carboxylic acids is 3. The summed E-state index contributed by atoms with van der Waals surface area (Å²) in [5.74, 6) is -1.64. The largest absolute Gasteiger partial charge is 0.394 e. The Morgan fingerprint density at radius 1 is 1.25 bits per heavy atom. The van der Waals surface area contributed by atoms with Gasteiger partial charge in [-0.2, -0.15) is 0 Å². The zero-order chi connectivity index (χ0) is 23.1. The number of fused-ring (bicyclic) bond motifs is 1. The van der Waals surface area contributed by atoms with Crippen LogP contribution < -0.4 is 10.6 Å². The molecule has 0 aliphatic carbocycles. The van der Waals surface area contributed by atoms with Gasteiger partial charge in [-0.15, -0.1) is 11.8 Å². The maximum absolute atomic E-state index is 13.8. The number of anilines is 1. The molecule has 32 heavy (non-hydrogen) atoms. The van der Waals surface area contributed by atoms with Crippen LogP contribution in [0.4, 0.5) is 5.69 Å². The summed E-state index contributed by atoms with van der Waals surface area (Å²) >= 11 is 1.64. The first-order valence-electron chi connectivity index (χ1n) is 11.6. The van der Waals surface area contributed by atoms with Crippen molar-refractivity contribution in [3.8, 4) is 0 Å². The first-order valence-corrected chi connectivity index (χ1v) is 12.4. The minimum atomic E-state index is -0.680. The summed E-state index contributed by atoms with van der Waals surface area (Å²) in [5.41, 5.74) is 0.697. The normalized spacial score (nSPS) is 33.8. The number of amides is 3. The standard InChI is InChI=1S/C24H33N3O4S/c1-4-5-13-25-21(30)19-24-12-11-23(3,32-24)17(18(24)22(31)27(19)15(2)14-28)20(29)26-16-9-7-6-8-10-16/h6-10,15,17-19,28H,4-5,11-14H2,1-3H3,(H,25,30)(H,26,29)/t15-,17+,18+,19?,23-,24?/m1/s1. The number of benzene rings is 1. The van der Waals surface area contributed by atoms with Gasteiger partial charge in [0.05, 0.1) is 29.2 Å². The average Bonchev–Trinajstić information content (AvgIpc) is 3.34. The van der Waals surface area contributed by atoms with Crippen molar-refractivity contribution in [2.45, 2.75) is 68.0 Å². The van der Waals surface area contributed by atoms with Crippen molar-refractivity contribution < 1.29 is 19.5 Å². The summed E-state index contributed by atoms with van der Waals surface area (Å²) in [6, 6.07) is 8.09. The van der Waals surface area contributed by atoms with Gasteiger partial charge in [0.2, 0.25) is 17.7 Å². The summed E-state index contributed by atoms with van der Waals surface area (Å²) in [6.07, 6.45) is 3.31. The Bertz CT molecular complexity index is 896. The number of para-hydroxylation sites is 1. The lowest BCUT2D eigenvalue weighted by molar-refractivity contribution is -0.142. The van der Waals surface area contributed by atoms with E-state index in [1.807, 2.05) is 30.3 Å². The van der Waals surface area contributed by atoms with E-state index in [1.165, 1.54) is 0 Å². The van der Waals surface area contributed by atoms with Gasteiger partial charge in [-0.3, -0.25) is 14.4 Å². The third-order valence-electron chi connectivity index (χ3n) is 7.36. The Morgan fingerprint density at radius 2 is 1.97 bits per heavy atom. The topological polar surface area (TPSA) is 98.7 Å². The predicted octanol–water partition coefficient (Wildman–Crippen LogP) is 2.40. The molecule has 2 unspecified atom stereocenters. The van der Waals surface area contributed by atoms with Crippen LogP contribution in [0.3, 0.4) is 0 Å². The summed E-state index contributed by atoms with van der Waals surface area (Å²) < 4.78 is -1.06. The van der Waals surface area contributed by atoms with E-state index in [1.54, 1.807) is 23.6 Å². The van der Waals surface area contributed by atoms with Crippen LogP contribution >= 0.6 is 11.8 Å². The van der Waals surface area contributed by atoms with E-state index in [0.717, 1.165) is 19.3 Å². The molecule has 6 atom stereocenters. The second kappa shape index (κ2) is 8.71. The Hall–Kier alpha value is -2.06. The number of carbonyl (C=O) groups is 3. The molecule has 3 fully saturated rings. The van der Waals surface area contributed by atoms with Gasteiger partial charge < -0.3 is 20.6 Å². The molecule has 1 aromatic rings. The fourth-order valence-electron chi connectivity index (χ4n) is 5.85. The molecule has 3 saturated heterocycles. The second-order valence-electron chi connectivity index (χ2n) is 9.50. The molecule has 0 aromatic heterocycles. The number of unbranched alkanes of at least 4 members (excludes halogenated alkanes) is 1.